The van der Waals surface area contributed by atoms with Crippen molar-refractivity contribution in [1.29, 1.82) is 0 Å². The molecular formula is C14H20N2O. The van der Waals surface area contributed by atoms with Crippen LogP contribution in [0.2, 0.25) is 0 Å². The highest BCUT2D eigenvalue weighted by Gasteiger charge is 2.18. The predicted molar refractivity (Wildman–Crippen MR) is 68.1 cm³/mol. The smallest absolute Gasteiger partial charge is 0.251 e. The van der Waals surface area contributed by atoms with Crippen molar-refractivity contribution >= 4 is 5.91 Å². The number of pyridine rings is 1. The van der Waals surface area contributed by atoms with E-state index in [4.69, 9.17) is 0 Å². The van der Waals surface area contributed by atoms with Gasteiger partial charge in [0.25, 0.3) is 5.91 Å². The molecule has 0 aliphatic heterocycles. The first-order valence-corrected chi connectivity index (χ1v) is 6.41. The van der Waals surface area contributed by atoms with Gasteiger partial charge in [-0.25, -0.2) is 0 Å². The zero-order chi connectivity index (χ0) is 12.3. The molecule has 0 bridgehead atoms. The molecule has 0 spiro atoms. The summed E-state index contributed by atoms with van der Waals surface area (Å²) in [5.74, 6) is 0.0555. The van der Waals surface area contributed by atoms with Crippen molar-refractivity contribution in [2.75, 3.05) is 0 Å². The summed E-state index contributed by atoms with van der Waals surface area (Å²) in [6.45, 7) is 3.89. The first kappa shape index (κ1) is 12.1. The van der Waals surface area contributed by atoms with Crippen LogP contribution in [0, 0.1) is 13.8 Å². The monoisotopic (exact) mass is 232 g/mol. The van der Waals surface area contributed by atoms with Crippen LogP contribution >= 0.6 is 0 Å². The van der Waals surface area contributed by atoms with E-state index in [0.29, 0.717) is 6.04 Å². The van der Waals surface area contributed by atoms with Crippen molar-refractivity contribution in [1.82, 2.24) is 10.3 Å². The molecule has 0 unspecified atom stereocenters. The zero-order valence-electron chi connectivity index (χ0n) is 10.6. The van der Waals surface area contributed by atoms with Gasteiger partial charge in [-0.2, -0.15) is 0 Å². The van der Waals surface area contributed by atoms with E-state index in [9.17, 15) is 4.79 Å². The standard InChI is InChI=1S/C14H20N2O/c1-10-11(2)15-9-8-13(10)14(17)16-12-6-4-3-5-7-12/h8-9,12H,3-7H2,1-2H3,(H,16,17). The number of carbonyl (C=O) groups excluding carboxylic acids is 1. The first-order valence-electron chi connectivity index (χ1n) is 6.41. The highest BCUT2D eigenvalue weighted by atomic mass is 16.1. The van der Waals surface area contributed by atoms with Crippen LogP contribution in [0.5, 0.6) is 0 Å². The molecule has 3 heteroatoms. The third kappa shape index (κ3) is 2.84. The van der Waals surface area contributed by atoms with Crippen molar-refractivity contribution in [2.24, 2.45) is 0 Å². The molecule has 2 rings (SSSR count). The molecule has 0 radical (unpaired) electrons. The van der Waals surface area contributed by atoms with Gasteiger partial charge in [0.2, 0.25) is 0 Å². The van der Waals surface area contributed by atoms with Gasteiger partial charge in [0.05, 0.1) is 0 Å². The Morgan fingerprint density at radius 2 is 2.00 bits per heavy atom. The van der Waals surface area contributed by atoms with E-state index < -0.39 is 0 Å². The Morgan fingerprint density at radius 1 is 1.29 bits per heavy atom. The van der Waals surface area contributed by atoms with Crippen molar-refractivity contribution in [3.63, 3.8) is 0 Å². The maximum Gasteiger partial charge on any atom is 0.251 e. The van der Waals surface area contributed by atoms with E-state index in [-0.39, 0.29) is 5.91 Å². The molecule has 1 aliphatic rings. The Labute approximate surface area is 103 Å². The normalized spacial score (nSPS) is 16.8. The Kier molecular flexibility index (Phi) is 3.77. The van der Waals surface area contributed by atoms with E-state index in [1.165, 1.54) is 19.3 Å². The van der Waals surface area contributed by atoms with E-state index in [1.54, 1.807) is 12.3 Å². The molecule has 1 saturated carbocycles. The van der Waals surface area contributed by atoms with Crippen molar-refractivity contribution in [3.05, 3.63) is 29.1 Å². The highest BCUT2D eigenvalue weighted by molar-refractivity contribution is 5.95. The highest BCUT2D eigenvalue weighted by Crippen LogP contribution is 2.18. The minimum absolute atomic E-state index is 0.0555. The molecule has 1 aromatic heterocycles. The van der Waals surface area contributed by atoms with Gasteiger partial charge in [0.15, 0.2) is 0 Å². The second-order valence-electron chi connectivity index (χ2n) is 4.88. The topological polar surface area (TPSA) is 42.0 Å². The Balaban J connectivity index is 2.06. The number of rotatable bonds is 2. The molecule has 0 atom stereocenters. The van der Waals surface area contributed by atoms with Gasteiger partial charge in [-0.1, -0.05) is 19.3 Å². The lowest BCUT2D eigenvalue weighted by molar-refractivity contribution is 0.0927. The SMILES string of the molecule is Cc1nccc(C(=O)NC2CCCCC2)c1C. The van der Waals surface area contributed by atoms with Crippen LogP contribution in [0.1, 0.15) is 53.7 Å². The van der Waals surface area contributed by atoms with E-state index in [1.807, 2.05) is 13.8 Å². The van der Waals surface area contributed by atoms with Gasteiger partial charge < -0.3 is 5.32 Å². The summed E-state index contributed by atoms with van der Waals surface area (Å²) in [5, 5.41) is 3.14. The summed E-state index contributed by atoms with van der Waals surface area (Å²) in [7, 11) is 0. The quantitative estimate of drug-likeness (QED) is 0.852. The maximum atomic E-state index is 12.1. The van der Waals surface area contributed by atoms with Crippen molar-refractivity contribution < 1.29 is 4.79 Å². The van der Waals surface area contributed by atoms with E-state index >= 15 is 0 Å². The molecule has 1 aliphatic carbocycles. The number of carbonyl (C=O) groups is 1. The molecule has 1 amide bonds. The fraction of sp³-hybridized carbons (Fsp3) is 0.571. The number of aryl methyl sites for hydroxylation is 1. The molecular weight excluding hydrogens is 212 g/mol. The lowest BCUT2D eigenvalue weighted by Crippen LogP contribution is -2.36. The largest absolute Gasteiger partial charge is 0.349 e. The third-order valence-corrected chi connectivity index (χ3v) is 3.64. The van der Waals surface area contributed by atoms with Gasteiger partial charge in [0, 0.05) is 23.5 Å². The number of hydrogen-bond acceptors (Lipinski definition) is 2. The minimum Gasteiger partial charge on any atom is -0.349 e. The van der Waals surface area contributed by atoms with Crippen LogP contribution in [0.15, 0.2) is 12.3 Å². The van der Waals surface area contributed by atoms with Gasteiger partial charge >= 0.3 is 0 Å². The fourth-order valence-corrected chi connectivity index (χ4v) is 2.40. The Bertz CT molecular complexity index is 409. The summed E-state index contributed by atoms with van der Waals surface area (Å²) in [6.07, 6.45) is 7.72. The third-order valence-electron chi connectivity index (χ3n) is 3.64. The molecule has 3 nitrogen and oxygen atoms in total. The molecule has 1 aromatic rings. The molecule has 1 fully saturated rings. The molecule has 1 N–H and O–H groups in total. The Morgan fingerprint density at radius 3 is 2.71 bits per heavy atom. The van der Waals surface area contributed by atoms with E-state index in [2.05, 4.69) is 10.3 Å². The molecule has 1 heterocycles. The molecule has 0 saturated heterocycles. The zero-order valence-corrected chi connectivity index (χ0v) is 10.6. The number of hydrogen-bond donors (Lipinski definition) is 1. The lowest BCUT2D eigenvalue weighted by Gasteiger charge is -2.23. The summed E-state index contributed by atoms with van der Waals surface area (Å²) in [4.78, 5) is 16.3. The number of nitrogens with one attached hydrogen (secondary N) is 1. The first-order chi connectivity index (χ1) is 8.18. The van der Waals surface area contributed by atoms with Gasteiger partial charge in [0.1, 0.15) is 0 Å². The summed E-state index contributed by atoms with van der Waals surface area (Å²) in [6, 6.07) is 2.17. The number of amides is 1. The average Bonchev–Trinajstić information content (AvgIpc) is 2.34. The van der Waals surface area contributed by atoms with Crippen molar-refractivity contribution in [2.45, 2.75) is 52.0 Å². The van der Waals surface area contributed by atoms with E-state index in [0.717, 1.165) is 29.7 Å². The van der Waals surface area contributed by atoms with Crippen LogP contribution in [-0.4, -0.2) is 16.9 Å². The second kappa shape index (κ2) is 5.30. The van der Waals surface area contributed by atoms with Gasteiger partial charge in [-0.15, -0.1) is 0 Å². The van der Waals surface area contributed by atoms with Crippen LogP contribution in [0.25, 0.3) is 0 Å². The average molecular weight is 232 g/mol. The lowest BCUT2D eigenvalue weighted by atomic mass is 9.95. The summed E-state index contributed by atoms with van der Waals surface area (Å²) >= 11 is 0. The molecule has 92 valence electrons. The Hall–Kier alpha value is -1.38. The summed E-state index contributed by atoms with van der Waals surface area (Å²) < 4.78 is 0. The maximum absolute atomic E-state index is 12.1. The summed E-state index contributed by atoms with van der Waals surface area (Å²) in [5.41, 5.74) is 2.69. The van der Waals surface area contributed by atoms with Crippen LogP contribution in [-0.2, 0) is 0 Å². The molecule has 17 heavy (non-hydrogen) atoms. The second-order valence-corrected chi connectivity index (χ2v) is 4.88. The number of aromatic nitrogens is 1. The fourth-order valence-electron chi connectivity index (χ4n) is 2.40. The van der Waals surface area contributed by atoms with Crippen LogP contribution in [0.4, 0.5) is 0 Å². The van der Waals surface area contributed by atoms with Gasteiger partial charge in [-0.05, 0) is 38.3 Å². The predicted octanol–water partition coefficient (Wildman–Crippen LogP) is 2.76. The van der Waals surface area contributed by atoms with Crippen LogP contribution < -0.4 is 5.32 Å². The van der Waals surface area contributed by atoms with Crippen molar-refractivity contribution in [3.8, 4) is 0 Å². The van der Waals surface area contributed by atoms with Crippen LogP contribution in [0.3, 0.4) is 0 Å². The minimum atomic E-state index is 0.0555. The number of nitrogens with zero attached hydrogens (tertiary/aromatic N) is 1. The van der Waals surface area contributed by atoms with Gasteiger partial charge in [-0.3, -0.25) is 9.78 Å². The molecule has 0 aromatic carbocycles.